The van der Waals surface area contributed by atoms with Gasteiger partial charge in [-0.15, -0.1) is 11.8 Å². The number of hydrogen-bond donors (Lipinski definition) is 0. The van der Waals surface area contributed by atoms with Gasteiger partial charge in [0, 0.05) is 16.7 Å². The lowest BCUT2D eigenvalue weighted by atomic mass is 10.1. The van der Waals surface area contributed by atoms with Crippen LogP contribution < -0.4 is 4.74 Å². The first-order chi connectivity index (χ1) is 12.4. The van der Waals surface area contributed by atoms with Crippen LogP contribution in [0, 0.1) is 6.92 Å². The molecule has 0 amide bonds. The highest BCUT2D eigenvalue weighted by atomic mass is 32.2. The van der Waals surface area contributed by atoms with Crippen molar-refractivity contribution in [2.24, 2.45) is 0 Å². The normalized spacial score (nSPS) is 13.2. The highest BCUT2D eigenvalue weighted by molar-refractivity contribution is 7.98. The molecule has 0 saturated carbocycles. The quantitative estimate of drug-likeness (QED) is 0.684. The van der Waals surface area contributed by atoms with E-state index in [2.05, 4.69) is 4.57 Å². The molecule has 0 radical (unpaired) electrons. The molecule has 0 spiro atoms. The number of aromatic nitrogens is 2. The molecule has 2 aromatic carbocycles. The Labute approximate surface area is 157 Å². The van der Waals surface area contributed by atoms with Gasteiger partial charge in [0.1, 0.15) is 11.6 Å². The lowest BCUT2D eigenvalue weighted by Gasteiger charge is -2.21. The maximum Gasteiger partial charge on any atom is 0.175 e. The largest absolute Gasteiger partial charge is 0.497 e. The van der Waals surface area contributed by atoms with Crippen LogP contribution in [0.2, 0.25) is 0 Å². The first-order valence-electron chi connectivity index (χ1n) is 8.08. The molecule has 3 aromatic rings. The van der Waals surface area contributed by atoms with Gasteiger partial charge in [-0.25, -0.2) is 13.4 Å². The zero-order valence-corrected chi connectivity index (χ0v) is 16.3. The molecule has 0 unspecified atom stereocenters. The third-order valence-corrected chi connectivity index (χ3v) is 6.61. The van der Waals surface area contributed by atoms with Gasteiger partial charge >= 0.3 is 0 Å². The van der Waals surface area contributed by atoms with Crippen molar-refractivity contribution in [2.45, 2.75) is 22.5 Å². The Bertz CT molecular complexity index is 1100. The minimum absolute atomic E-state index is 0.318. The Balaban J connectivity index is 1.88. The zero-order valence-electron chi connectivity index (χ0n) is 14.7. The van der Waals surface area contributed by atoms with E-state index in [4.69, 9.17) is 9.72 Å². The second kappa shape index (κ2) is 6.17. The zero-order chi connectivity index (χ0) is 18.5. The van der Waals surface area contributed by atoms with Crippen LogP contribution in [-0.2, 0) is 15.6 Å². The smallest absolute Gasteiger partial charge is 0.175 e. The van der Waals surface area contributed by atoms with Crippen molar-refractivity contribution in [3.05, 3.63) is 54.0 Å². The highest BCUT2D eigenvalue weighted by Crippen LogP contribution is 2.41. The first kappa shape index (κ1) is 17.2. The van der Waals surface area contributed by atoms with Crippen molar-refractivity contribution in [3.63, 3.8) is 0 Å². The molecule has 0 saturated heterocycles. The summed E-state index contributed by atoms with van der Waals surface area (Å²) in [6, 6.07) is 13.0. The van der Waals surface area contributed by atoms with E-state index in [9.17, 15) is 8.42 Å². The molecular weight excluding hydrogens is 368 g/mol. The van der Waals surface area contributed by atoms with Gasteiger partial charge in [0.15, 0.2) is 9.84 Å². The summed E-state index contributed by atoms with van der Waals surface area (Å²) in [5.41, 5.74) is 3.94. The molecule has 1 aliphatic rings. The fraction of sp³-hybridized carbons (Fsp3) is 0.211. The van der Waals surface area contributed by atoms with Crippen LogP contribution in [0.3, 0.4) is 0 Å². The summed E-state index contributed by atoms with van der Waals surface area (Å²) < 4.78 is 30.9. The topological polar surface area (TPSA) is 61.2 Å². The molecule has 7 heteroatoms. The van der Waals surface area contributed by atoms with E-state index >= 15 is 0 Å². The number of nitrogens with zero attached hydrogens (tertiary/aromatic N) is 2. The number of aryl methyl sites for hydroxylation is 1. The lowest BCUT2D eigenvalue weighted by Crippen LogP contribution is -2.08. The molecule has 2 heterocycles. The van der Waals surface area contributed by atoms with E-state index in [-0.39, 0.29) is 0 Å². The second-order valence-electron chi connectivity index (χ2n) is 6.22. The van der Waals surface area contributed by atoms with Crippen molar-refractivity contribution >= 4 is 21.6 Å². The summed E-state index contributed by atoms with van der Waals surface area (Å²) in [4.78, 5) is 6.19. The molecule has 1 aromatic heterocycles. The van der Waals surface area contributed by atoms with E-state index in [0.29, 0.717) is 4.90 Å². The van der Waals surface area contributed by atoms with Gasteiger partial charge < -0.3 is 4.74 Å². The lowest BCUT2D eigenvalue weighted by molar-refractivity contribution is 0.413. The maximum absolute atomic E-state index is 11.7. The van der Waals surface area contributed by atoms with E-state index < -0.39 is 9.84 Å². The number of benzene rings is 2. The maximum atomic E-state index is 11.7. The van der Waals surface area contributed by atoms with Gasteiger partial charge in [0.25, 0.3) is 0 Å². The van der Waals surface area contributed by atoms with E-state index in [0.717, 1.165) is 44.9 Å². The number of sulfone groups is 1. The second-order valence-corrected chi connectivity index (χ2v) is 9.25. The minimum Gasteiger partial charge on any atom is -0.497 e. The highest BCUT2D eigenvalue weighted by Gasteiger charge is 2.24. The van der Waals surface area contributed by atoms with Crippen molar-refractivity contribution in [2.75, 3.05) is 13.4 Å². The number of rotatable bonds is 3. The predicted octanol–water partition coefficient (Wildman–Crippen LogP) is 3.87. The van der Waals surface area contributed by atoms with Gasteiger partial charge in [-0.3, -0.25) is 4.57 Å². The predicted molar refractivity (Wildman–Crippen MR) is 103 cm³/mol. The first-order valence-corrected chi connectivity index (χ1v) is 11.0. The fourth-order valence-electron chi connectivity index (χ4n) is 3.21. The summed E-state index contributed by atoms with van der Waals surface area (Å²) in [6.07, 6.45) is 1.22. The number of ether oxygens (including phenoxy) is 1. The van der Waals surface area contributed by atoms with E-state index in [1.54, 1.807) is 31.0 Å². The number of fused-ring (bicyclic) bond motifs is 3. The van der Waals surface area contributed by atoms with Gasteiger partial charge in [-0.2, -0.15) is 0 Å². The Morgan fingerprint density at radius 3 is 2.54 bits per heavy atom. The minimum atomic E-state index is -3.21. The molecule has 26 heavy (non-hydrogen) atoms. The van der Waals surface area contributed by atoms with Crippen LogP contribution in [0.25, 0.3) is 16.9 Å². The van der Waals surface area contributed by atoms with Crippen molar-refractivity contribution < 1.29 is 13.2 Å². The average Bonchev–Trinajstić information content (AvgIpc) is 2.96. The third-order valence-electron chi connectivity index (χ3n) is 4.44. The van der Waals surface area contributed by atoms with Gasteiger partial charge in [-0.1, -0.05) is 12.1 Å². The Morgan fingerprint density at radius 2 is 1.88 bits per heavy atom. The molecule has 134 valence electrons. The number of hydrogen-bond acceptors (Lipinski definition) is 5. The Kier molecular flexibility index (Phi) is 4.08. The molecule has 4 rings (SSSR count). The Hall–Kier alpha value is -2.25. The molecule has 0 aliphatic carbocycles. The monoisotopic (exact) mass is 386 g/mol. The molecular formula is C19H18N2O3S2. The number of imidazole rings is 1. The molecule has 0 fully saturated rings. The summed E-state index contributed by atoms with van der Waals surface area (Å²) in [5.74, 6) is 2.60. The summed E-state index contributed by atoms with van der Waals surface area (Å²) in [7, 11) is -1.55. The molecule has 0 N–H and O–H groups in total. The van der Waals surface area contributed by atoms with Gasteiger partial charge in [-0.05, 0) is 37.3 Å². The van der Waals surface area contributed by atoms with Gasteiger partial charge in [0.05, 0.1) is 34.8 Å². The van der Waals surface area contributed by atoms with Crippen LogP contribution in [0.15, 0.2) is 52.3 Å². The van der Waals surface area contributed by atoms with Crippen LogP contribution in [-0.4, -0.2) is 31.3 Å². The summed E-state index contributed by atoms with van der Waals surface area (Å²) in [5, 5.41) is 0. The van der Waals surface area contributed by atoms with Crippen molar-refractivity contribution in [1.82, 2.24) is 9.55 Å². The Morgan fingerprint density at radius 1 is 1.15 bits per heavy atom. The van der Waals surface area contributed by atoms with Gasteiger partial charge in [0.2, 0.25) is 0 Å². The summed E-state index contributed by atoms with van der Waals surface area (Å²) >= 11 is 1.74. The third kappa shape index (κ3) is 2.81. The van der Waals surface area contributed by atoms with Crippen LogP contribution in [0.4, 0.5) is 0 Å². The van der Waals surface area contributed by atoms with Crippen LogP contribution in [0.1, 0.15) is 11.5 Å². The molecule has 0 bridgehead atoms. The average molecular weight is 386 g/mol. The number of methoxy groups -OCH3 is 1. The van der Waals surface area contributed by atoms with Crippen molar-refractivity contribution in [1.29, 1.82) is 0 Å². The number of thioether (sulfide) groups is 1. The molecule has 1 aliphatic heterocycles. The summed E-state index contributed by atoms with van der Waals surface area (Å²) in [6.45, 7) is 1.99. The molecule has 5 nitrogen and oxygen atoms in total. The van der Waals surface area contributed by atoms with Crippen molar-refractivity contribution in [3.8, 4) is 22.7 Å². The van der Waals surface area contributed by atoms with E-state index in [1.807, 2.05) is 37.3 Å². The molecule has 0 atom stereocenters. The standard InChI is InChI=1S/C19H18N2O3S2/c1-12-19(13-4-7-15(8-5-13)26(3,22)23)21-16-9-6-14(24-2)10-17(16)25-11-18(21)20-12/h4-10H,11H2,1-3H3. The van der Waals surface area contributed by atoms with Crippen LogP contribution >= 0.6 is 11.8 Å². The van der Waals surface area contributed by atoms with E-state index in [1.165, 1.54) is 6.26 Å². The SMILES string of the molecule is COc1ccc2c(c1)SCc1nc(C)c(-c3ccc(S(C)(=O)=O)cc3)n1-2. The van der Waals surface area contributed by atoms with Crippen LogP contribution in [0.5, 0.6) is 5.75 Å². The fourth-order valence-corrected chi connectivity index (χ4v) is 4.82.